The molecule has 2 N–H and O–H groups in total. The predicted molar refractivity (Wildman–Crippen MR) is 117 cm³/mol. The molecule has 160 valence electrons. The molecule has 0 saturated carbocycles. The maximum Gasteiger partial charge on any atom is 0.255 e. The summed E-state index contributed by atoms with van der Waals surface area (Å²) >= 11 is 1.68. The van der Waals surface area contributed by atoms with Gasteiger partial charge in [0.1, 0.15) is 5.82 Å². The Hall–Kier alpha value is -1.42. The van der Waals surface area contributed by atoms with Gasteiger partial charge in [-0.1, -0.05) is 25.6 Å². The van der Waals surface area contributed by atoms with Crippen LogP contribution in [0.2, 0.25) is 0 Å². The first-order valence-corrected chi connectivity index (χ1v) is 11.8. The van der Waals surface area contributed by atoms with Crippen molar-refractivity contribution in [3.05, 3.63) is 11.3 Å². The molecule has 0 atom stereocenters. The summed E-state index contributed by atoms with van der Waals surface area (Å²) in [5.74, 6) is 1.81. The van der Waals surface area contributed by atoms with Gasteiger partial charge in [0.25, 0.3) is 5.78 Å². The van der Waals surface area contributed by atoms with E-state index in [2.05, 4.69) is 33.9 Å². The average Bonchev–Trinajstić information content (AvgIpc) is 3.10. The highest BCUT2D eigenvalue weighted by Crippen LogP contribution is 2.29. The molecule has 1 saturated heterocycles. The van der Waals surface area contributed by atoms with Gasteiger partial charge in [-0.25, -0.2) is 4.98 Å². The summed E-state index contributed by atoms with van der Waals surface area (Å²) in [6.07, 6.45) is 4.51. The standard InChI is InChI=1S/C20H33N7OS/c1-15(2)29-20-23-19-22-17-6-4-3-5-16(17)18(27(19)24-20)21-7-8-25-9-11-26(12-10-25)13-14-28/h15,21,28H,3-14H2,1-2H3. The van der Waals surface area contributed by atoms with Crippen molar-refractivity contribution in [1.29, 1.82) is 0 Å². The Morgan fingerprint density at radius 1 is 1.03 bits per heavy atom. The van der Waals surface area contributed by atoms with Crippen LogP contribution in [0.5, 0.6) is 0 Å². The molecule has 1 fully saturated rings. The number of piperazine rings is 1. The zero-order valence-corrected chi connectivity index (χ0v) is 18.4. The molecular formula is C20H33N7OS. The van der Waals surface area contributed by atoms with Crippen LogP contribution in [0, 0.1) is 0 Å². The molecule has 3 heterocycles. The molecule has 2 aliphatic rings. The molecule has 0 amide bonds. The van der Waals surface area contributed by atoms with E-state index >= 15 is 0 Å². The van der Waals surface area contributed by atoms with Crippen molar-refractivity contribution >= 4 is 23.4 Å². The van der Waals surface area contributed by atoms with E-state index in [0.717, 1.165) is 69.6 Å². The number of anilines is 1. The van der Waals surface area contributed by atoms with Crippen LogP contribution in [-0.4, -0.2) is 92.2 Å². The van der Waals surface area contributed by atoms with E-state index in [0.29, 0.717) is 11.0 Å². The van der Waals surface area contributed by atoms with E-state index in [1.165, 1.54) is 24.1 Å². The van der Waals surface area contributed by atoms with Gasteiger partial charge in [0.2, 0.25) is 5.16 Å². The fourth-order valence-corrected chi connectivity index (χ4v) is 4.86. The minimum atomic E-state index is 0.250. The molecule has 0 aromatic carbocycles. The third-order valence-corrected chi connectivity index (χ3v) is 6.54. The molecule has 0 spiro atoms. The summed E-state index contributed by atoms with van der Waals surface area (Å²) in [4.78, 5) is 14.3. The van der Waals surface area contributed by atoms with Gasteiger partial charge in [-0.05, 0) is 25.7 Å². The highest BCUT2D eigenvalue weighted by molar-refractivity contribution is 7.99. The number of aryl methyl sites for hydroxylation is 1. The second kappa shape index (κ2) is 9.59. The molecule has 8 nitrogen and oxygen atoms in total. The summed E-state index contributed by atoms with van der Waals surface area (Å²) in [6.45, 7) is 11.4. The van der Waals surface area contributed by atoms with Gasteiger partial charge < -0.3 is 10.4 Å². The summed E-state index contributed by atoms with van der Waals surface area (Å²) < 4.78 is 1.92. The van der Waals surface area contributed by atoms with E-state index in [-0.39, 0.29) is 6.61 Å². The van der Waals surface area contributed by atoms with E-state index < -0.39 is 0 Å². The summed E-state index contributed by atoms with van der Waals surface area (Å²) in [5.41, 5.74) is 2.51. The van der Waals surface area contributed by atoms with E-state index in [9.17, 15) is 0 Å². The maximum atomic E-state index is 9.10. The molecule has 0 bridgehead atoms. The number of aliphatic hydroxyl groups is 1. The Kier molecular flexibility index (Phi) is 6.89. The number of hydrogen-bond acceptors (Lipinski definition) is 8. The lowest BCUT2D eigenvalue weighted by atomic mass is 9.96. The monoisotopic (exact) mass is 419 g/mol. The van der Waals surface area contributed by atoms with Crippen LogP contribution in [0.1, 0.15) is 37.9 Å². The lowest BCUT2D eigenvalue weighted by molar-refractivity contribution is 0.115. The summed E-state index contributed by atoms with van der Waals surface area (Å²) in [6, 6.07) is 0. The Bertz CT molecular complexity index is 817. The third-order valence-electron chi connectivity index (χ3n) is 5.68. The number of nitrogens with one attached hydrogen (secondary N) is 1. The average molecular weight is 420 g/mol. The number of aromatic nitrogens is 4. The fraction of sp³-hybridized carbons (Fsp3) is 0.750. The van der Waals surface area contributed by atoms with Gasteiger partial charge in [-0.2, -0.15) is 9.50 Å². The zero-order chi connectivity index (χ0) is 20.2. The molecule has 2 aromatic heterocycles. The second-order valence-electron chi connectivity index (χ2n) is 8.20. The van der Waals surface area contributed by atoms with Gasteiger partial charge in [0.15, 0.2) is 0 Å². The highest BCUT2D eigenvalue weighted by atomic mass is 32.2. The van der Waals surface area contributed by atoms with Crippen molar-refractivity contribution in [2.75, 3.05) is 57.7 Å². The van der Waals surface area contributed by atoms with Crippen molar-refractivity contribution in [3.63, 3.8) is 0 Å². The van der Waals surface area contributed by atoms with Crippen molar-refractivity contribution in [2.45, 2.75) is 49.9 Å². The molecule has 2 aromatic rings. The minimum Gasteiger partial charge on any atom is -0.395 e. The second-order valence-corrected chi connectivity index (χ2v) is 9.74. The largest absolute Gasteiger partial charge is 0.395 e. The van der Waals surface area contributed by atoms with Gasteiger partial charge in [-0.3, -0.25) is 9.80 Å². The first-order chi connectivity index (χ1) is 14.1. The fourth-order valence-electron chi connectivity index (χ4n) is 4.18. The topological polar surface area (TPSA) is 81.8 Å². The van der Waals surface area contributed by atoms with Crippen molar-refractivity contribution < 1.29 is 5.11 Å². The van der Waals surface area contributed by atoms with Crippen LogP contribution in [0.4, 0.5) is 5.82 Å². The first-order valence-electron chi connectivity index (χ1n) is 10.9. The molecule has 1 aliphatic heterocycles. The van der Waals surface area contributed by atoms with E-state index in [1.807, 2.05) is 4.52 Å². The Morgan fingerprint density at radius 2 is 1.76 bits per heavy atom. The summed E-state index contributed by atoms with van der Waals surface area (Å²) in [5, 5.41) is 18.8. The first kappa shape index (κ1) is 20.8. The number of aliphatic hydroxyl groups excluding tert-OH is 1. The van der Waals surface area contributed by atoms with Gasteiger partial charge in [0.05, 0.1) is 12.3 Å². The minimum absolute atomic E-state index is 0.250. The van der Waals surface area contributed by atoms with Crippen LogP contribution in [-0.2, 0) is 12.8 Å². The zero-order valence-electron chi connectivity index (χ0n) is 17.6. The van der Waals surface area contributed by atoms with Crippen LogP contribution in [0.15, 0.2) is 5.16 Å². The van der Waals surface area contributed by atoms with Crippen molar-refractivity contribution in [2.24, 2.45) is 0 Å². The number of rotatable bonds is 8. The number of hydrogen-bond donors (Lipinski definition) is 2. The number of thioether (sulfide) groups is 1. The predicted octanol–water partition coefficient (Wildman–Crippen LogP) is 1.53. The van der Waals surface area contributed by atoms with Gasteiger partial charge in [0, 0.05) is 56.6 Å². The third kappa shape index (κ3) is 5.02. The smallest absolute Gasteiger partial charge is 0.255 e. The highest BCUT2D eigenvalue weighted by Gasteiger charge is 2.22. The van der Waals surface area contributed by atoms with Gasteiger partial charge >= 0.3 is 0 Å². The normalized spacial score (nSPS) is 18.5. The summed E-state index contributed by atoms with van der Waals surface area (Å²) in [7, 11) is 0. The molecule has 4 rings (SSSR count). The Morgan fingerprint density at radius 3 is 2.48 bits per heavy atom. The van der Waals surface area contributed by atoms with Crippen molar-refractivity contribution in [3.8, 4) is 0 Å². The number of fused-ring (bicyclic) bond motifs is 2. The molecule has 29 heavy (non-hydrogen) atoms. The molecule has 0 unspecified atom stereocenters. The maximum absolute atomic E-state index is 9.10. The van der Waals surface area contributed by atoms with Crippen LogP contribution < -0.4 is 5.32 Å². The van der Waals surface area contributed by atoms with Crippen LogP contribution in [0.25, 0.3) is 5.78 Å². The van der Waals surface area contributed by atoms with E-state index in [4.69, 9.17) is 15.2 Å². The molecule has 0 radical (unpaired) electrons. The van der Waals surface area contributed by atoms with E-state index in [1.54, 1.807) is 11.8 Å². The van der Waals surface area contributed by atoms with Crippen LogP contribution in [0.3, 0.4) is 0 Å². The van der Waals surface area contributed by atoms with Crippen LogP contribution >= 0.6 is 11.8 Å². The lowest BCUT2D eigenvalue weighted by Gasteiger charge is -2.34. The molecular weight excluding hydrogens is 386 g/mol. The number of nitrogens with zero attached hydrogens (tertiary/aromatic N) is 6. The Labute approximate surface area is 177 Å². The molecule has 1 aliphatic carbocycles. The van der Waals surface area contributed by atoms with Gasteiger partial charge in [-0.15, -0.1) is 5.10 Å². The Balaban J connectivity index is 1.46. The molecule has 9 heteroatoms. The number of β-amino-alcohol motifs (C(OH)–C–C–N with tert-alkyl or cyclic N) is 1. The SMILES string of the molecule is CC(C)Sc1nc2nc3c(c(NCCN4CCN(CCO)CC4)n2n1)CCCC3. The van der Waals surface area contributed by atoms with Crippen molar-refractivity contribution in [1.82, 2.24) is 29.4 Å². The lowest BCUT2D eigenvalue weighted by Crippen LogP contribution is -2.48. The quantitative estimate of drug-likeness (QED) is 0.624.